The van der Waals surface area contributed by atoms with Crippen LogP contribution in [-0.4, -0.2) is 22.1 Å². The van der Waals surface area contributed by atoms with E-state index in [1.54, 1.807) is 12.3 Å². The van der Waals surface area contributed by atoms with E-state index in [2.05, 4.69) is 22.4 Å². The highest BCUT2D eigenvalue weighted by molar-refractivity contribution is 5.97. The van der Waals surface area contributed by atoms with E-state index in [-0.39, 0.29) is 11.9 Å². The largest absolute Gasteiger partial charge is 0.349 e. The van der Waals surface area contributed by atoms with Crippen LogP contribution in [0.15, 0.2) is 16.8 Å². The summed E-state index contributed by atoms with van der Waals surface area (Å²) in [5.74, 6) is 0.633. The number of hydrogen-bond acceptors (Lipinski definition) is 4. The Morgan fingerprint density at radius 3 is 3.10 bits per heavy atom. The van der Waals surface area contributed by atoms with E-state index < -0.39 is 0 Å². The summed E-state index contributed by atoms with van der Waals surface area (Å²) in [6, 6.07) is 2.08. The van der Waals surface area contributed by atoms with E-state index in [1.807, 2.05) is 6.92 Å². The molecule has 106 valence electrons. The van der Waals surface area contributed by atoms with Crippen LogP contribution < -0.4 is 5.32 Å². The van der Waals surface area contributed by atoms with Crippen molar-refractivity contribution in [2.24, 2.45) is 5.92 Å². The molecule has 0 radical (unpaired) electrons. The highest BCUT2D eigenvalue weighted by atomic mass is 16.5. The summed E-state index contributed by atoms with van der Waals surface area (Å²) in [6.07, 6.45) is 6.13. The maximum absolute atomic E-state index is 12.3. The van der Waals surface area contributed by atoms with Gasteiger partial charge in [0.05, 0.1) is 16.6 Å². The molecule has 0 aliphatic heterocycles. The number of carbonyl (C=O) groups excluding carboxylic acids is 1. The van der Waals surface area contributed by atoms with Crippen LogP contribution >= 0.6 is 0 Å². The maximum Gasteiger partial charge on any atom is 0.257 e. The summed E-state index contributed by atoms with van der Waals surface area (Å²) in [4.78, 5) is 16.4. The predicted molar refractivity (Wildman–Crippen MR) is 75.4 cm³/mol. The lowest BCUT2D eigenvalue weighted by Gasteiger charge is -2.27. The molecule has 2 aromatic heterocycles. The summed E-state index contributed by atoms with van der Waals surface area (Å²) < 4.78 is 5.05. The second-order valence-electron chi connectivity index (χ2n) is 5.79. The topological polar surface area (TPSA) is 68.0 Å². The highest BCUT2D eigenvalue weighted by Gasteiger charge is 2.21. The second-order valence-corrected chi connectivity index (χ2v) is 5.79. The fourth-order valence-electron chi connectivity index (χ4n) is 2.90. The monoisotopic (exact) mass is 273 g/mol. The van der Waals surface area contributed by atoms with Gasteiger partial charge in [0.15, 0.2) is 0 Å². The van der Waals surface area contributed by atoms with Gasteiger partial charge in [-0.3, -0.25) is 4.79 Å². The Morgan fingerprint density at radius 2 is 2.30 bits per heavy atom. The minimum atomic E-state index is -0.0564. The molecule has 0 saturated heterocycles. The lowest BCUT2D eigenvalue weighted by atomic mass is 9.87. The van der Waals surface area contributed by atoms with Crippen LogP contribution in [0.2, 0.25) is 0 Å². The maximum atomic E-state index is 12.3. The average molecular weight is 273 g/mol. The fraction of sp³-hybridized carbons (Fsp3) is 0.533. The molecule has 1 fully saturated rings. The van der Waals surface area contributed by atoms with Gasteiger partial charge in [-0.1, -0.05) is 24.9 Å². The molecule has 5 nitrogen and oxygen atoms in total. The van der Waals surface area contributed by atoms with Gasteiger partial charge in [0.1, 0.15) is 0 Å². The first-order valence-electron chi connectivity index (χ1n) is 7.16. The van der Waals surface area contributed by atoms with Crippen molar-refractivity contribution in [1.29, 1.82) is 0 Å². The van der Waals surface area contributed by atoms with Crippen LogP contribution in [0, 0.1) is 12.8 Å². The molecule has 0 spiro atoms. The Hall–Kier alpha value is -1.91. The highest BCUT2D eigenvalue weighted by Crippen LogP contribution is 2.24. The third-order valence-corrected chi connectivity index (χ3v) is 4.04. The van der Waals surface area contributed by atoms with E-state index in [1.165, 1.54) is 12.8 Å². The Balaban J connectivity index is 1.76. The number of nitrogens with zero attached hydrogens (tertiary/aromatic N) is 2. The Labute approximate surface area is 117 Å². The molecule has 1 N–H and O–H groups in total. The number of pyridine rings is 1. The molecule has 2 atom stereocenters. The van der Waals surface area contributed by atoms with Gasteiger partial charge >= 0.3 is 0 Å². The standard InChI is InChI=1S/C15H19N3O2/c1-9-4-3-5-12(6-9)17-14(19)11-7-13-10(2)18-20-15(13)16-8-11/h7-9,12H,3-6H2,1-2H3,(H,17,19)/t9-,12+/m1/s1. The first-order chi connectivity index (χ1) is 9.63. The number of hydrogen-bond donors (Lipinski definition) is 1. The summed E-state index contributed by atoms with van der Waals surface area (Å²) in [5.41, 5.74) is 1.81. The summed E-state index contributed by atoms with van der Waals surface area (Å²) in [5, 5.41) is 7.77. The summed E-state index contributed by atoms with van der Waals surface area (Å²) in [6.45, 7) is 4.09. The van der Waals surface area contributed by atoms with Crippen LogP contribution in [0.1, 0.15) is 48.7 Å². The molecular weight excluding hydrogens is 254 g/mol. The first kappa shape index (κ1) is 13.1. The average Bonchev–Trinajstić information content (AvgIpc) is 2.80. The van der Waals surface area contributed by atoms with Crippen molar-refractivity contribution in [3.8, 4) is 0 Å². The molecule has 2 heterocycles. The van der Waals surface area contributed by atoms with Gasteiger partial charge in [-0.15, -0.1) is 0 Å². The van der Waals surface area contributed by atoms with Crippen LogP contribution in [0.4, 0.5) is 0 Å². The van der Waals surface area contributed by atoms with Crippen LogP contribution in [0.25, 0.3) is 11.1 Å². The van der Waals surface area contributed by atoms with E-state index >= 15 is 0 Å². The number of amides is 1. The molecule has 5 heteroatoms. The zero-order chi connectivity index (χ0) is 14.1. The van der Waals surface area contributed by atoms with Gasteiger partial charge in [0, 0.05) is 12.2 Å². The Kier molecular flexibility index (Phi) is 3.42. The third kappa shape index (κ3) is 2.53. The third-order valence-electron chi connectivity index (χ3n) is 4.04. The van der Waals surface area contributed by atoms with Crippen molar-refractivity contribution in [3.05, 3.63) is 23.5 Å². The number of aromatic nitrogens is 2. The molecule has 1 aliphatic rings. The SMILES string of the molecule is Cc1noc2ncc(C(=O)N[C@H]3CCC[C@@H](C)C3)cc12. The number of nitrogens with one attached hydrogen (secondary N) is 1. The van der Waals surface area contributed by atoms with E-state index in [9.17, 15) is 4.79 Å². The van der Waals surface area contributed by atoms with Crippen molar-refractivity contribution in [3.63, 3.8) is 0 Å². The Bertz CT molecular complexity index is 635. The molecule has 20 heavy (non-hydrogen) atoms. The molecule has 0 bridgehead atoms. The molecule has 0 unspecified atom stereocenters. The lowest BCUT2D eigenvalue weighted by molar-refractivity contribution is 0.0921. The first-order valence-corrected chi connectivity index (χ1v) is 7.16. The van der Waals surface area contributed by atoms with Crippen molar-refractivity contribution in [1.82, 2.24) is 15.5 Å². The van der Waals surface area contributed by atoms with Gasteiger partial charge in [-0.25, -0.2) is 4.98 Å². The fourth-order valence-corrected chi connectivity index (χ4v) is 2.90. The minimum absolute atomic E-state index is 0.0564. The number of fused-ring (bicyclic) bond motifs is 1. The van der Waals surface area contributed by atoms with Gasteiger partial charge in [0.25, 0.3) is 11.6 Å². The number of aryl methyl sites for hydroxylation is 1. The zero-order valence-corrected chi connectivity index (χ0v) is 11.8. The van der Waals surface area contributed by atoms with Crippen molar-refractivity contribution < 1.29 is 9.32 Å². The van der Waals surface area contributed by atoms with E-state index in [4.69, 9.17) is 4.52 Å². The lowest BCUT2D eigenvalue weighted by Crippen LogP contribution is -2.38. The van der Waals surface area contributed by atoms with Crippen LogP contribution in [-0.2, 0) is 0 Å². The van der Waals surface area contributed by atoms with Crippen LogP contribution in [0.3, 0.4) is 0 Å². The smallest absolute Gasteiger partial charge is 0.257 e. The van der Waals surface area contributed by atoms with Gasteiger partial charge < -0.3 is 9.84 Å². The van der Waals surface area contributed by atoms with Gasteiger partial charge in [0.2, 0.25) is 0 Å². The zero-order valence-electron chi connectivity index (χ0n) is 11.8. The van der Waals surface area contributed by atoms with Crippen molar-refractivity contribution >= 4 is 17.0 Å². The van der Waals surface area contributed by atoms with Gasteiger partial charge in [-0.2, -0.15) is 0 Å². The summed E-state index contributed by atoms with van der Waals surface area (Å²) >= 11 is 0. The van der Waals surface area contributed by atoms with Crippen LogP contribution in [0.5, 0.6) is 0 Å². The molecule has 1 saturated carbocycles. The Morgan fingerprint density at radius 1 is 1.45 bits per heavy atom. The number of rotatable bonds is 2. The molecule has 1 aliphatic carbocycles. The second kappa shape index (κ2) is 5.23. The van der Waals surface area contributed by atoms with E-state index in [0.717, 1.165) is 23.9 Å². The normalized spacial score (nSPS) is 22.9. The van der Waals surface area contributed by atoms with Crippen molar-refractivity contribution in [2.75, 3.05) is 0 Å². The quantitative estimate of drug-likeness (QED) is 0.913. The predicted octanol–water partition coefficient (Wildman–Crippen LogP) is 2.84. The van der Waals surface area contributed by atoms with E-state index in [0.29, 0.717) is 17.2 Å². The molecule has 3 rings (SSSR count). The summed E-state index contributed by atoms with van der Waals surface area (Å²) in [7, 11) is 0. The number of carbonyl (C=O) groups is 1. The van der Waals surface area contributed by atoms with Crippen molar-refractivity contribution in [2.45, 2.75) is 45.6 Å². The molecular formula is C15H19N3O2. The van der Waals surface area contributed by atoms with Gasteiger partial charge in [-0.05, 0) is 31.7 Å². The minimum Gasteiger partial charge on any atom is -0.349 e. The molecule has 0 aromatic carbocycles. The molecule has 2 aromatic rings. The molecule has 1 amide bonds.